The molecule has 0 N–H and O–H groups in total. The number of carbonyl (C=O) groups excluding carboxylic acids is 1. The average molecular weight is 259 g/mol. The lowest BCUT2D eigenvalue weighted by Gasteiger charge is -2.14. The fourth-order valence-corrected chi connectivity index (χ4v) is 1.48. The Morgan fingerprint density at radius 3 is 2.00 bits per heavy atom. The van der Waals surface area contributed by atoms with Gasteiger partial charge in [0.15, 0.2) is 5.03 Å². The SMILES string of the molecule is COC(=O)/C(Cl)=C(/C)OP(=O)(OC)OC. The largest absolute Gasteiger partial charge is 0.529 e. The van der Waals surface area contributed by atoms with Crippen LogP contribution in [0.5, 0.6) is 0 Å². The second kappa shape index (κ2) is 6.12. The Bertz CT molecular complexity index is 305. The van der Waals surface area contributed by atoms with Crippen molar-refractivity contribution in [2.45, 2.75) is 6.92 Å². The molecular formula is C7H12ClO6P. The lowest BCUT2D eigenvalue weighted by Crippen LogP contribution is -2.04. The number of carbonyl (C=O) groups is 1. The van der Waals surface area contributed by atoms with Gasteiger partial charge in [-0.2, -0.15) is 0 Å². The summed E-state index contributed by atoms with van der Waals surface area (Å²) in [6.45, 7) is 1.34. The van der Waals surface area contributed by atoms with Crippen LogP contribution in [0.3, 0.4) is 0 Å². The summed E-state index contributed by atoms with van der Waals surface area (Å²) in [7, 11) is -0.250. The molecule has 6 nitrogen and oxygen atoms in total. The van der Waals surface area contributed by atoms with E-state index in [1.54, 1.807) is 0 Å². The van der Waals surface area contributed by atoms with Crippen LogP contribution in [0, 0.1) is 0 Å². The van der Waals surface area contributed by atoms with E-state index in [-0.39, 0.29) is 10.8 Å². The third-order valence-electron chi connectivity index (χ3n) is 1.37. The molecule has 0 saturated carbocycles. The normalized spacial score (nSPS) is 13.1. The summed E-state index contributed by atoms with van der Waals surface area (Å²) in [4.78, 5) is 11.0. The van der Waals surface area contributed by atoms with Gasteiger partial charge in [0.05, 0.1) is 7.11 Å². The van der Waals surface area contributed by atoms with Crippen molar-refractivity contribution in [2.24, 2.45) is 0 Å². The van der Waals surface area contributed by atoms with Crippen molar-refractivity contribution in [3.8, 4) is 0 Å². The Morgan fingerprint density at radius 1 is 1.20 bits per heavy atom. The summed E-state index contributed by atoms with van der Waals surface area (Å²) < 4.78 is 29.6. The molecule has 0 fully saturated rings. The van der Waals surface area contributed by atoms with E-state index in [9.17, 15) is 9.36 Å². The van der Waals surface area contributed by atoms with Crippen LogP contribution in [0.4, 0.5) is 0 Å². The third-order valence-corrected chi connectivity index (χ3v) is 3.18. The van der Waals surface area contributed by atoms with Gasteiger partial charge < -0.3 is 9.26 Å². The number of esters is 1. The Balaban J connectivity index is 4.80. The van der Waals surface area contributed by atoms with Crippen molar-refractivity contribution in [1.29, 1.82) is 0 Å². The fraction of sp³-hybridized carbons (Fsp3) is 0.571. The van der Waals surface area contributed by atoms with Gasteiger partial charge in [-0.15, -0.1) is 0 Å². The van der Waals surface area contributed by atoms with Crippen molar-refractivity contribution >= 4 is 25.4 Å². The smallest absolute Gasteiger partial charge is 0.465 e. The number of phosphoric ester groups is 1. The van der Waals surface area contributed by atoms with Crippen LogP contribution in [0.15, 0.2) is 10.8 Å². The lowest BCUT2D eigenvalue weighted by atomic mass is 10.5. The Labute approximate surface area is 92.7 Å². The second-order valence-electron chi connectivity index (χ2n) is 2.27. The van der Waals surface area contributed by atoms with Crippen LogP contribution in [0.2, 0.25) is 0 Å². The first-order valence-corrected chi connectivity index (χ1v) is 5.59. The molecule has 0 spiro atoms. The summed E-state index contributed by atoms with van der Waals surface area (Å²) in [6.07, 6.45) is 0. The Kier molecular flexibility index (Phi) is 5.90. The number of hydrogen-bond acceptors (Lipinski definition) is 6. The number of halogens is 1. The van der Waals surface area contributed by atoms with Gasteiger partial charge >= 0.3 is 13.8 Å². The van der Waals surface area contributed by atoms with Gasteiger partial charge in [-0.3, -0.25) is 9.05 Å². The maximum atomic E-state index is 11.5. The molecule has 0 aromatic rings. The number of ether oxygens (including phenoxy) is 1. The second-order valence-corrected chi connectivity index (χ2v) is 4.45. The summed E-state index contributed by atoms with van der Waals surface area (Å²) >= 11 is 5.55. The topological polar surface area (TPSA) is 71.1 Å². The van der Waals surface area contributed by atoms with E-state index in [1.165, 1.54) is 6.92 Å². The van der Waals surface area contributed by atoms with Crippen molar-refractivity contribution in [1.82, 2.24) is 0 Å². The van der Waals surface area contributed by atoms with Gasteiger partial charge in [0.25, 0.3) is 0 Å². The van der Waals surface area contributed by atoms with E-state index in [0.717, 1.165) is 21.3 Å². The highest BCUT2D eigenvalue weighted by molar-refractivity contribution is 7.48. The van der Waals surface area contributed by atoms with Gasteiger partial charge in [-0.05, 0) is 6.92 Å². The quantitative estimate of drug-likeness (QED) is 0.325. The van der Waals surface area contributed by atoms with Crippen LogP contribution >= 0.6 is 19.4 Å². The van der Waals surface area contributed by atoms with E-state index in [1.807, 2.05) is 0 Å². The number of allylic oxidation sites excluding steroid dienone is 1. The third kappa shape index (κ3) is 4.22. The molecule has 0 saturated heterocycles. The predicted octanol–water partition coefficient (Wildman–Crippen LogP) is 2.05. The molecule has 0 rings (SSSR count). The number of methoxy groups -OCH3 is 1. The molecule has 0 aliphatic heterocycles. The number of rotatable bonds is 5. The predicted molar refractivity (Wildman–Crippen MR) is 53.3 cm³/mol. The molecule has 15 heavy (non-hydrogen) atoms. The van der Waals surface area contributed by atoms with Gasteiger partial charge in [0, 0.05) is 14.2 Å². The molecule has 0 aliphatic carbocycles. The monoisotopic (exact) mass is 258 g/mol. The molecule has 0 amide bonds. The van der Waals surface area contributed by atoms with Gasteiger partial charge in [0.1, 0.15) is 5.76 Å². The van der Waals surface area contributed by atoms with E-state index < -0.39 is 13.8 Å². The first-order chi connectivity index (χ1) is 6.90. The standard InChI is InChI=1S/C7H12ClO6P/c1-5(6(8)7(9)11-2)14-15(10,12-3)13-4/h1-4H3/b6-5+. The van der Waals surface area contributed by atoms with Crippen LogP contribution < -0.4 is 0 Å². The maximum absolute atomic E-state index is 11.5. The minimum atomic E-state index is -3.69. The number of phosphoric acid groups is 1. The fourth-order valence-electron chi connectivity index (χ4n) is 0.590. The summed E-state index contributed by atoms with van der Waals surface area (Å²) in [5.74, 6) is -0.900. The van der Waals surface area contributed by atoms with Crippen molar-refractivity contribution in [3.63, 3.8) is 0 Å². The molecule has 8 heteroatoms. The molecule has 0 bridgehead atoms. The lowest BCUT2D eigenvalue weighted by molar-refractivity contribution is -0.135. The minimum Gasteiger partial charge on any atom is -0.465 e. The van der Waals surface area contributed by atoms with Gasteiger partial charge in [0.2, 0.25) is 0 Å². The maximum Gasteiger partial charge on any atom is 0.529 e. The van der Waals surface area contributed by atoms with Crippen molar-refractivity contribution in [3.05, 3.63) is 10.8 Å². The zero-order valence-corrected chi connectivity index (χ0v) is 10.4. The van der Waals surface area contributed by atoms with Gasteiger partial charge in [-0.25, -0.2) is 9.36 Å². The molecule has 0 unspecified atom stereocenters. The highest BCUT2D eigenvalue weighted by Crippen LogP contribution is 2.50. The summed E-state index contributed by atoms with van der Waals surface area (Å²) in [6, 6.07) is 0. The Morgan fingerprint density at radius 2 is 1.67 bits per heavy atom. The average Bonchev–Trinajstić information content (AvgIpc) is 2.26. The van der Waals surface area contributed by atoms with E-state index >= 15 is 0 Å². The van der Waals surface area contributed by atoms with E-state index in [2.05, 4.69) is 13.8 Å². The molecule has 88 valence electrons. The molecule has 0 heterocycles. The van der Waals surface area contributed by atoms with Crippen LogP contribution in [0.1, 0.15) is 6.92 Å². The molecular weight excluding hydrogens is 246 g/mol. The first-order valence-electron chi connectivity index (χ1n) is 3.76. The van der Waals surface area contributed by atoms with Crippen molar-refractivity contribution < 1.29 is 27.7 Å². The van der Waals surface area contributed by atoms with Crippen molar-refractivity contribution in [2.75, 3.05) is 21.3 Å². The molecule has 0 aromatic carbocycles. The minimum absolute atomic E-state index is 0.101. The molecule has 0 aromatic heterocycles. The molecule has 0 atom stereocenters. The van der Waals surface area contributed by atoms with Crippen LogP contribution in [0.25, 0.3) is 0 Å². The highest BCUT2D eigenvalue weighted by Gasteiger charge is 2.26. The summed E-state index contributed by atoms with van der Waals surface area (Å²) in [5, 5.41) is -0.327. The zero-order chi connectivity index (χ0) is 12.1. The van der Waals surface area contributed by atoms with E-state index in [4.69, 9.17) is 16.1 Å². The molecule has 0 radical (unpaired) electrons. The van der Waals surface area contributed by atoms with Gasteiger partial charge in [-0.1, -0.05) is 11.6 Å². The van der Waals surface area contributed by atoms with Crippen LogP contribution in [-0.4, -0.2) is 27.3 Å². The Hall–Kier alpha value is -0.550. The van der Waals surface area contributed by atoms with Crippen LogP contribution in [-0.2, 0) is 27.7 Å². The molecule has 0 aliphatic rings. The van der Waals surface area contributed by atoms with E-state index in [0.29, 0.717) is 0 Å². The highest BCUT2D eigenvalue weighted by atomic mass is 35.5. The number of hydrogen-bond donors (Lipinski definition) is 0. The zero-order valence-electron chi connectivity index (χ0n) is 8.77. The summed E-state index contributed by atoms with van der Waals surface area (Å²) in [5.41, 5.74) is 0. The first kappa shape index (κ1) is 14.5.